The molecular weight excluding hydrogens is 262 g/mol. The van der Waals surface area contributed by atoms with E-state index in [0.717, 1.165) is 34.6 Å². The largest absolute Gasteiger partial charge is 0.497 e. The van der Waals surface area contributed by atoms with Crippen LogP contribution in [0.4, 0.5) is 0 Å². The van der Waals surface area contributed by atoms with Gasteiger partial charge in [0.1, 0.15) is 11.5 Å². The number of aryl methyl sites for hydroxylation is 2. The molecule has 3 nitrogen and oxygen atoms in total. The van der Waals surface area contributed by atoms with Crippen molar-refractivity contribution in [1.82, 2.24) is 0 Å². The third kappa shape index (κ3) is 3.99. The number of nitrogens with two attached hydrogens (primary N) is 1. The normalized spacial score (nSPS) is 10.5. The maximum absolute atomic E-state index is 5.96. The van der Waals surface area contributed by atoms with Gasteiger partial charge in [-0.3, -0.25) is 0 Å². The van der Waals surface area contributed by atoms with Crippen molar-refractivity contribution in [2.75, 3.05) is 13.7 Å². The lowest BCUT2D eigenvalue weighted by atomic mass is 10.1. The van der Waals surface area contributed by atoms with Crippen LogP contribution < -0.4 is 15.2 Å². The molecule has 0 fully saturated rings. The van der Waals surface area contributed by atoms with E-state index in [9.17, 15) is 0 Å². The molecule has 0 radical (unpaired) electrons. The molecule has 3 heteroatoms. The Bertz CT molecular complexity index is 568. The van der Waals surface area contributed by atoms with E-state index in [0.29, 0.717) is 13.2 Å². The van der Waals surface area contributed by atoms with E-state index in [1.165, 1.54) is 5.56 Å². The highest BCUT2D eigenvalue weighted by atomic mass is 16.5. The van der Waals surface area contributed by atoms with Gasteiger partial charge in [-0.25, -0.2) is 0 Å². The van der Waals surface area contributed by atoms with Crippen molar-refractivity contribution in [3.8, 4) is 11.5 Å². The van der Waals surface area contributed by atoms with Crippen LogP contribution in [-0.2, 0) is 13.0 Å². The van der Waals surface area contributed by atoms with Crippen molar-refractivity contribution in [3.63, 3.8) is 0 Å². The van der Waals surface area contributed by atoms with Crippen molar-refractivity contribution in [2.24, 2.45) is 5.73 Å². The van der Waals surface area contributed by atoms with E-state index in [2.05, 4.69) is 38.1 Å². The van der Waals surface area contributed by atoms with Crippen LogP contribution in [0.2, 0.25) is 0 Å². The second-order valence-corrected chi connectivity index (χ2v) is 5.21. The molecule has 0 aliphatic carbocycles. The standard InChI is InChI=1S/C18H23NO2/c1-13-10-16(12-19)11-14(2)18(13)21-9-8-15-4-6-17(20-3)7-5-15/h4-7,10-11H,8-9,12,19H2,1-3H3. The van der Waals surface area contributed by atoms with Gasteiger partial charge in [0.05, 0.1) is 13.7 Å². The van der Waals surface area contributed by atoms with E-state index < -0.39 is 0 Å². The van der Waals surface area contributed by atoms with Crippen LogP contribution in [0.1, 0.15) is 22.3 Å². The molecule has 0 atom stereocenters. The van der Waals surface area contributed by atoms with Gasteiger partial charge in [-0.05, 0) is 48.2 Å². The summed E-state index contributed by atoms with van der Waals surface area (Å²) in [4.78, 5) is 0. The quantitative estimate of drug-likeness (QED) is 0.884. The molecule has 2 aromatic carbocycles. The van der Waals surface area contributed by atoms with Crippen molar-refractivity contribution in [2.45, 2.75) is 26.8 Å². The van der Waals surface area contributed by atoms with E-state index >= 15 is 0 Å². The summed E-state index contributed by atoms with van der Waals surface area (Å²) in [5, 5.41) is 0. The highest BCUT2D eigenvalue weighted by Crippen LogP contribution is 2.25. The zero-order chi connectivity index (χ0) is 15.2. The lowest BCUT2D eigenvalue weighted by Gasteiger charge is -2.14. The van der Waals surface area contributed by atoms with Gasteiger partial charge in [-0.1, -0.05) is 24.3 Å². The summed E-state index contributed by atoms with van der Waals surface area (Å²) in [6.45, 7) is 5.35. The van der Waals surface area contributed by atoms with Crippen LogP contribution in [0.5, 0.6) is 11.5 Å². The number of methoxy groups -OCH3 is 1. The zero-order valence-electron chi connectivity index (χ0n) is 13.0. The van der Waals surface area contributed by atoms with Crippen LogP contribution in [-0.4, -0.2) is 13.7 Å². The zero-order valence-corrected chi connectivity index (χ0v) is 13.0. The van der Waals surface area contributed by atoms with Gasteiger partial charge in [-0.15, -0.1) is 0 Å². The minimum atomic E-state index is 0.563. The Kier molecular flexibility index (Phi) is 5.23. The van der Waals surface area contributed by atoms with E-state index in [1.54, 1.807) is 7.11 Å². The molecule has 0 aliphatic rings. The second kappa shape index (κ2) is 7.14. The van der Waals surface area contributed by atoms with Crippen LogP contribution >= 0.6 is 0 Å². The van der Waals surface area contributed by atoms with Gasteiger partial charge in [-0.2, -0.15) is 0 Å². The Morgan fingerprint density at radius 3 is 2.10 bits per heavy atom. The van der Waals surface area contributed by atoms with Crippen molar-refractivity contribution in [1.29, 1.82) is 0 Å². The smallest absolute Gasteiger partial charge is 0.125 e. The maximum Gasteiger partial charge on any atom is 0.125 e. The lowest BCUT2D eigenvalue weighted by Crippen LogP contribution is -2.05. The SMILES string of the molecule is COc1ccc(CCOc2c(C)cc(CN)cc2C)cc1. The summed E-state index contributed by atoms with van der Waals surface area (Å²) >= 11 is 0. The first-order valence-electron chi connectivity index (χ1n) is 7.20. The van der Waals surface area contributed by atoms with Crippen LogP contribution in [0.25, 0.3) is 0 Å². The van der Waals surface area contributed by atoms with Crippen LogP contribution in [0.3, 0.4) is 0 Å². The van der Waals surface area contributed by atoms with E-state index in [1.807, 2.05) is 12.1 Å². The van der Waals surface area contributed by atoms with Gasteiger partial charge in [0, 0.05) is 13.0 Å². The number of hydrogen-bond acceptors (Lipinski definition) is 3. The van der Waals surface area contributed by atoms with Gasteiger partial charge in [0.25, 0.3) is 0 Å². The fourth-order valence-corrected chi connectivity index (χ4v) is 2.45. The number of ether oxygens (including phenoxy) is 2. The summed E-state index contributed by atoms with van der Waals surface area (Å²) in [5.74, 6) is 1.85. The lowest BCUT2D eigenvalue weighted by molar-refractivity contribution is 0.317. The predicted octanol–water partition coefficient (Wildman–Crippen LogP) is 3.39. The van der Waals surface area contributed by atoms with Crippen molar-refractivity contribution >= 4 is 0 Å². The third-order valence-electron chi connectivity index (χ3n) is 3.55. The van der Waals surface area contributed by atoms with Crippen molar-refractivity contribution < 1.29 is 9.47 Å². The molecule has 0 saturated heterocycles. The fraction of sp³-hybridized carbons (Fsp3) is 0.333. The van der Waals surface area contributed by atoms with E-state index in [4.69, 9.17) is 15.2 Å². The third-order valence-corrected chi connectivity index (χ3v) is 3.55. The Morgan fingerprint density at radius 1 is 0.952 bits per heavy atom. The first-order chi connectivity index (χ1) is 10.1. The van der Waals surface area contributed by atoms with Gasteiger partial charge in [0.2, 0.25) is 0 Å². The number of benzene rings is 2. The molecule has 112 valence electrons. The van der Waals surface area contributed by atoms with Crippen LogP contribution in [0.15, 0.2) is 36.4 Å². The molecule has 0 spiro atoms. The molecular formula is C18H23NO2. The van der Waals surface area contributed by atoms with Crippen LogP contribution in [0, 0.1) is 13.8 Å². The summed E-state index contributed by atoms with van der Waals surface area (Å²) in [7, 11) is 1.68. The maximum atomic E-state index is 5.96. The molecule has 2 N–H and O–H groups in total. The average Bonchev–Trinajstić information content (AvgIpc) is 2.50. The predicted molar refractivity (Wildman–Crippen MR) is 86.0 cm³/mol. The van der Waals surface area contributed by atoms with Gasteiger partial charge in [0.15, 0.2) is 0 Å². The molecule has 0 amide bonds. The molecule has 0 bridgehead atoms. The molecule has 0 aromatic heterocycles. The Labute approximate surface area is 126 Å². The Morgan fingerprint density at radius 2 is 1.57 bits per heavy atom. The summed E-state index contributed by atoms with van der Waals surface area (Å²) in [6.07, 6.45) is 0.877. The molecule has 0 aliphatic heterocycles. The molecule has 0 heterocycles. The highest BCUT2D eigenvalue weighted by molar-refractivity contribution is 5.43. The summed E-state index contributed by atoms with van der Waals surface area (Å²) in [6, 6.07) is 12.3. The van der Waals surface area contributed by atoms with Gasteiger partial charge < -0.3 is 15.2 Å². The molecule has 0 saturated carbocycles. The highest BCUT2D eigenvalue weighted by Gasteiger charge is 2.06. The Hall–Kier alpha value is -2.00. The second-order valence-electron chi connectivity index (χ2n) is 5.21. The minimum Gasteiger partial charge on any atom is -0.497 e. The monoisotopic (exact) mass is 285 g/mol. The number of rotatable bonds is 6. The van der Waals surface area contributed by atoms with Crippen molar-refractivity contribution in [3.05, 3.63) is 58.7 Å². The average molecular weight is 285 g/mol. The first-order valence-corrected chi connectivity index (χ1v) is 7.20. The summed E-state index contributed by atoms with van der Waals surface area (Å²) in [5.41, 5.74) is 10.4. The molecule has 2 rings (SSSR count). The fourth-order valence-electron chi connectivity index (χ4n) is 2.45. The topological polar surface area (TPSA) is 44.5 Å². The minimum absolute atomic E-state index is 0.563. The Balaban J connectivity index is 1.96. The van der Waals surface area contributed by atoms with E-state index in [-0.39, 0.29) is 0 Å². The molecule has 21 heavy (non-hydrogen) atoms. The first kappa shape index (κ1) is 15.4. The summed E-state index contributed by atoms with van der Waals surface area (Å²) < 4.78 is 11.1. The molecule has 2 aromatic rings. The molecule has 0 unspecified atom stereocenters. The number of hydrogen-bond donors (Lipinski definition) is 1. The van der Waals surface area contributed by atoms with Gasteiger partial charge >= 0.3 is 0 Å².